The summed E-state index contributed by atoms with van der Waals surface area (Å²) in [5, 5.41) is 9.03. The molecule has 0 bridgehead atoms. The predicted octanol–water partition coefficient (Wildman–Crippen LogP) is 2.69. The fraction of sp³-hybridized carbons (Fsp3) is 0.154. The van der Waals surface area contributed by atoms with E-state index in [9.17, 15) is 4.39 Å². The summed E-state index contributed by atoms with van der Waals surface area (Å²) in [5.41, 5.74) is 2.80. The molecule has 0 fully saturated rings. The average Bonchev–Trinajstić information content (AvgIpc) is 2.33. The lowest BCUT2D eigenvalue weighted by Crippen LogP contribution is -1.92. The van der Waals surface area contributed by atoms with Crippen molar-refractivity contribution in [3.63, 3.8) is 0 Å². The summed E-state index contributed by atoms with van der Waals surface area (Å²) in [4.78, 5) is 4.16. The summed E-state index contributed by atoms with van der Waals surface area (Å²) in [6.07, 6.45) is 0. The van der Waals surface area contributed by atoms with E-state index in [1.807, 2.05) is 24.3 Å². The van der Waals surface area contributed by atoms with Crippen molar-refractivity contribution in [2.45, 2.75) is 13.5 Å². The Bertz CT molecular complexity index is 511. The van der Waals surface area contributed by atoms with Crippen molar-refractivity contribution in [2.75, 3.05) is 0 Å². The molecule has 0 saturated heterocycles. The molecule has 16 heavy (non-hydrogen) atoms. The monoisotopic (exact) mass is 217 g/mol. The van der Waals surface area contributed by atoms with Crippen molar-refractivity contribution >= 4 is 0 Å². The first kappa shape index (κ1) is 10.8. The van der Waals surface area contributed by atoms with Crippen LogP contribution in [0.15, 0.2) is 36.4 Å². The number of aliphatic hydroxyl groups is 1. The van der Waals surface area contributed by atoms with E-state index >= 15 is 0 Å². The Labute approximate surface area is 93.4 Å². The topological polar surface area (TPSA) is 33.1 Å². The molecule has 0 aliphatic heterocycles. The molecule has 0 saturated carbocycles. The van der Waals surface area contributed by atoms with Crippen LogP contribution in [0, 0.1) is 12.7 Å². The molecule has 1 heterocycles. The van der Waals surface area contributed by atoms with Gasteiger partial charge in [-0.05, 0) is 30.7 Å². The number of halogens is 1. The Morgan fingerprint density at radius 1 is 1.25 bits per heavy atom. The Balaban J connectivity index is 2.46. The van der Waals surface area contributed by atoms with Crippen LogP contribution in [-0.2, 0) is 6.61 Å². The largest absolute Gasteiger partial charge is 0.392 e. The summed E-state index contributed by atoms with van der Waals surface area (Å²) >= 11 is 0. The van der Waals surface area contributed by atoms with Crippen molar-refractivity contribution in [1.82, 2.24) is 4.98 Å². The maximum Gasteiger partial charge on any atom is 0.144 e. The molecule has 0 unspecified atom stereocenters. The molecule has 3 heteroatoms. The van der Waals surface area contributed by atoms with E-state index in [4.69, 9.17) is 5.11 Å². The number of nitrogens with zero attached hydrogens (tertiary/aromatic N) is 1. The van der Waals surface area contributed by atoms with E-state index in [0.29, 0.717) is 11.4 Å². The first-order valence-corrected chi connectivity index (χ1v) is 5.04. The standard InChI is InChI=1S/C13H12FNO/c1-9-12(14)5-6-13(15-9)11-4-2-3-10(7-11)8-16/h2-7,16H,8H2,1H3. The van der Waals surface area contributed by atoms with Crippen molar-refractivity contribution in [1.29, 1.82) is 0 Å². The summed E-state index contributed by atoms with van der Waals surface area (Å²) in [7, 11) is 0. The highest BCUT2D eigenvalue weighted by Gasteiger charge is 2.03. The van der Waals surface area contributed by atoms with Gasteiger partial charge in [-0.25, -0.2) is 4.39 Å². The molecule has 2 aromatic rings. The predicted molar refractivity (Wildman–Crippen MR) is 60.3 cm³/mol. The molecule has 0 amide bonds. The highest BCUT2D eigenvalue weighted by Crippen LogP contribution is 2.19. The third-order valence-electron chi connectivity index (χ3n) is 2.43. The lowest BCUT2D eigenvalue weighted by atomic mass is 10.1. The van der Waals surface area contributed by atoms with Gasteiger partial charge in [0.25, 0.3) is 0 Å². The molecule has 1 N–H and O–H groups in total. The number of benzene rings is 1. The lowest BCUT2D eigenvalue weighted by molar-refractivity contribution is 0.282. The number of rotatable bonds is 2. The quantitative estimate of drug-likeness (QED) is 0.839. The first-order chi connectivity index (χ1) is 7.70. The van der Waals surface area contributed by atoms with E-state index in [-0.39, 0.29) is 12.4 Å². The molecule has 0 aliphatic carbocycles. The zero-order valence-corrected chi connectivity index (χ0v) is 8.94. The van der Waals surface area contributed by atoms with Gasteiger partial charge in [-0.2, -0.15) is 0 Å². The fourth-order valence-electron chi connectivity index (χ4n) is 1.53. The third kappa shape index (κ3) is 2.09. The molecule has 0 radical (unpaired) electrons. The molecule has 2 rings (SSSR count). The van der Waals surface area contributed by atoms with Crippen LogP contribution in [0.4, 0.5) is 4.39 Å². The van der Waals surface area contributed by atoms with Crippen LogP contribution in [0.3, 0.4) is 0 Å². The molecule has 0 atom stereocenters. The smallest absolute Gasteiger partial charge is 0.144 e. The van der Waals surface area contributed by atoms with Crippen LogP contribution in [0.5, 0.6) is 0 Å². The van der Waals surface area contributed by atoms with Gasteiger partial charge in [-0.3, -0.25) is 4.98 Å². The first-order valence-electron chi connectivity index (χ1n) is 5.04. The minimum atomic E-state index is -0.304. The van der Waals surface area contributed by atoms with Gasteiger partial charge in [0.05, 0.1) is 18.0 Å². The van der Waals surface area contributed by atoms with Crippen molar-refractivity contribution < 1.29 is 9.50 Å². The average molecular weight is 217 g/mol. The van der Waals surface area contributed by atoms with E-state index in [2.05, 4.69) is 4.98 Å². The number of aromatic nitrogens is 1. The minimum absolute atomic E-state index is 0.00594. The molecule has 1 aromatic carbocycles. The van der Waals surface area contributed by atoms with Crippen molar-refractivity contribution in [2.24, 2.45) is 0 Å². The lowest BCUT2D eigenvalue weighted by Gasteiger charge is -2.04. The number of pyridine rings is 1. The number of hydrogen-bond donors (Lipinski definition) is 1. The SMILES string of the molecule is Cc1nc(-c2cccc(CO)c2)ccc1F. The molecule has 0 spiro atoms. The van der Waals surface area contributed by atoms with Crippen LogP contribution in [0.25, 0.3) is 11.3 Å². The molecular formula is C13H12FNO. The maximum atomic E-state index is 13.1. The van der Waals surface area contributed by atoms with Gasteiger partial charge >= 0.3 is 0 Å². The highest BCUT2D eigenvalue weighted by atomic mass is 19.1. The van der Waals surface area contributed by atoms with Gasteiger partial charge in [0, 0.05) is 5.56 Å². The van der Waals surface area contributed by atoms with E-state index < -0.39 is 0 Å². The summed E-state index contributed by atoms with van der Waals surface area (Å²) in [6.45, 7) is 1.63. The number of aliphatic hydroxyl groups excluding tert-OH is 1. The highest BCUT2D eigenvalue weighted by molar-refractivity contribution is 5.60. The second-order valence-electron chi connectivity index (χ2n) is 3.62. The zero-order valence-electron chi connectivity index (χ0n) is 8.94. The second-order valence-corrected chi connectivity index (χ2v) is 3.62. The molecule has 1 aromatic heterocycles. The van der Waals surface area contributed by atoms with Gasteiger partial charge in [0.1, 0.15) is 5.82 Å². The van der Waals surface area contributed by atoms with Crippen LogP contribution in [0.2, 0.25) is 0 Å². The van der Waals surface area contributed by atoms with E-state index in [0.717, 1.165) is 11.1 Å². The van der Waals surface area contributed by atoms with Crippen LogP contribution < -0.4 is 0 Å². The minimum Gasteiger partial charge on any atom is -0.392 e. The summed E-state index contributed by atoms with van der Waals surface area (Å²) in [6, 6.07) is 10.5. The van der Waals surface area contributed by atoms with Crippen LogP contribution >= 0.6 is 0 Å². The molecule has 2 nitrogen and oxygen atoms in total. The summed E-state index contributed by atoms with van der Waals surface area (Å²) in [5.74, 6) is -0.304. The van der Waals surface area contributed by atoms with Gasteiger partial charge in [-0.15, -0.1) is 0 Å². The molecular weight excluding hydrogens is 205 g/mol. The van der Waals surface area contributed by atoms with E-state index in [1.165, 1.54) is 6.07 Å². The van der Waals surface area contributed by atoms with Crippen LogP contribution in [0.1, 0.15) is 11.3 Å². The Morgan fingerprint density at radius 2 is 2.06 bits per heavy atom. The zero-order chi connectivity index (χ0) is 11.5. The molecule has 0 aliphatic rings. The number of aryl methyl sites for hydroxylation is 1. The van der Waals surface area contributed by atoms with Crippen LogP contribution in [-0.4, -0.2) is 10.1 Å². The summed E-state index contributed by atoms with van der Waals surface area (Å²) < 4.78 is 13.1. The van der Waals surface area contributed by atoms with Gasteiger partial charge in [0.2, 0.25) is 0 Å². The Kier molecular flexibility index (Phi) is 2.97. The van der Waals surface area contributed by atoms with E-state index in [1.54, 1.807) is 13.0 Å². The number of hydrogen-bond acceptors (Lipinski definition) is 2. The maximum absolute atomic E-state index is 13.1. The van der Waals surface area contributed by atoms with Gasteiger partial charge in [0.15, 0.2) is 0 Å². The van der Waals surface area contributed by atoms with Crippen molar-refractivity contribution in [3.8, 4) is 11.3 Å². The fourth-order valence-corrected chi connectivity index (χ4v) is 1.53. The second kappa shape index (κ2) is 4.41. The van der Waals surface area contributed by atoms with Gasteiger partial charge in [-0.1, -0.05) is 18.2 Å². The van der Waals surface area contributed by atoms with Crippen molar-refractivity contribution in [3.05, 3.63) is 53.5 Å². The third-order valence-corrected chi connectivity index (χ3v) is 2.43. The Hall–Kier alpha value is -1.74. The van der Waals surface area contributed by atoms with Gasteiger partial charge < -0.3 is 5.11 Å². The molecule has 82 valence electrons. The normalized spacial score (nSPS) is 10.4. The Morgan fingerprint density at radius 3 is 2.75 bits per heavy atom.